The SMILES string of the molecule is Nc1cccc(C(F)(F)F)c1C=CCBr. The van der Waals surface area contributed by atoms with Crippen LogP contribution in [0, 0.1) is 0 Å². The molecule has 0 fully saturated rings. The van der Waals surface area contributed by atoms with Crippen LogP contribution in [0.4, 0.5) is 18.9 Å². The van der Waals surface area contributed by atoms with E-state index in [0.29, 0.717) is 5.33 Å². The summed E-state index contributed by atoms with van der Waals surface area (Å²) in [6.07, 6.45) is -1.44. The zero-order valence-electron chi connectivity index (χ0n) is 7.68. The highest BCUT2D eigenvalue weighted by atomic mass is 79.9. The van der Waals surface area contributed by atoms with Gasteiger partial charge >= 0.3 is 6.18 Å². The largest absolute Gasteiger partial charge is 0.417 e. The van der Waals surface area contributed by atoms with Crippen LogP contribution in [0.25, 0.3) is 6.08 Å². The van der Waals surface area contributed by atoms with Crippen molar-refractivity contribution in [1.29, 1.82) is 0 Å². The summed E-state index contributed by atoms with van der Waals surface area (Å²) >= 11 is 3.10. The Morgan fingerprint density at radius 2 is 2.00 bits per heavy atom. The van der Waals surface area contributed by atoms with Crippen LogP contribution in [0.2, 0.25) is 0 Å². The lowest BCUT2D eigenvalue weighted by Gasteiger charge is -2.11. The minimum absolute atomic E-state index is 0.0180. The Labute approximate surface area is 93.9 Å². The molecule has 5 heteroatoms. The maximum absolute atomic E-state index is 12.6. The lowest BCUT2D eigenvalue weighted by atomic mass is 10.0. The molecule has 15 heavy (non-hydrogen) atoms. The van der Waals surface area contributed by atoms with Crippen molar-refractivity contribution >= 4 is 27.7 Å². The molecular weight excluding hydrogens is 271 g/mol. The summed E-state index contributed by atoms with van der Waals surface area (Å²) in [6.45, 7) is 0. The Hall–Kier alpha value is -0.970. The topological polar surface area (TPSA) is 26.0 Å². The zero-order valence-corrected chi connectivity index (χ0v) is 9.27. The molecule has 0 aliphatic heterocycles. The monoisotopic (exact) mass is 279 g/mol. The van der Waals surface area contributed by atoms with E-state index < -0.39 is 11.7 Å². The van der Waals surface area contributed by atoms with Crippen molar-refractivity contribution < 1.29 is 13.2 Å². The predicted molar refractivity (Wildman–Crippen MR) is 58.7 cm³/mol. The van der Waals surface area contributed by atoms with Gasteiger partial charge in [0.15, 0.2) is 0 Å². The second-order valence-corrected chi connectivity index (χ2v) is 3.51. The Kier molecular flexibility index (Phi) is 3.79. The first-order valence-electron chi connectivity index (χ1n) is 4.15. The predicted octanol–water partition coefficient (Wildman–Crippen LogP) is 3.70. The van der Waals surface area contributed by atoms with Gasteiger partial charge in [0.2, 0.25) is 0 Å². The molecule has 0 amide bonds. The summed E-state index contributed by atoms with van der Waals surface area (Å²) in [5.74, 6) is 0. The number of nitrogen functional groups attached to an aromatic ring is 1. The van der Waals surface area contributed by atoms with Gasteiger partial charge in [-0.05, 0) is 12.1 Å². The molecule has 2 N–H and O–H groups in total. The van der Waals surface area contributed by atoms with Crippen LogP contribution >= 0.6 is 15.9 Å². The van der Waals surface area contributed by atoms with Crippen LogP contribution in [0.15, 0.2) is 24.3 Å². The van der Waals surface area contributed by atoms with E-state index in [0.717, 1.165) is 6.07 Å². The van der Waals surface area contributed by atoms with Gasteiger partial charge in [0.05, 0.1) is 5.56 Å². The third-order valence-electron chi connectivity index (χ3n) is 1.82. The van der Waals surface area contributed by atoms with E-state index in [1.165, 1.54) is 18.2 Å². The van der Waals surface area contributed by atoms with Crippen molar-refractivity contribution in [2.24, 2.45) is 0 Å². The van der Waals surface area contributed by atoms with E-state index in [1.807, 2.05) is 0 Å². The zero-order chi connectivity index (χ0) is 11.5. The molecular formula is C10H9BrF3N. The van der Waals surface area contributed by atoms with Gasteiger partial charge in [-0.3, -0.25) is 0 Å². The maximum Gasteiger partial charge on any atom is 0.417 e. The molecule has 1 aromatic rings. The van der Waals surface area contributed by atoms with Crippen LogP contribution in [-0.4, -0.2) is 5.33 Å². The Balaban J connectivity index is 3.27. The first-order chi connectivity index (χ1) is 6.96. The third kappa shape index (κ3) is 2.99. The van der Waals surface area contributed by atoms with Gasteiger partial charge in [-0.2, -0.15) is 13.2 Å². The average molecular weight is 280 g/mol. The van der Waals surface area contributed by atoms with E-state index in [-0.39, 0.29) is 11.3 Å². The van der Waals surface area contributed by atoms with Crippen molar-refractivity contribution in [2.45, 2.75) is 6.18 Å². The summed E-state index contributed by atoms with van der Waals surface area (Å²) in [7, 11) is 0. The van der Waals surface area contributed by atoms with Crippen LogP contribution in [0.5, 0.6) is 0 Å². The molecule has 1 aromatic carbocycles. The second kappa shape index (κ2) is 4.70. The number of hydrogen-bond donors (Lipinski definition) is 1. The Morgan fingerprint density at radius 3 is 2.53 bits per heavy atom. The molecule has 0 aliphatic rings. The van der Waals surface area contributed by atoms with Crippen molar-refractivity contribution in [2.75, 3.05) is 11.1 Å². The Bertz CT molecular complexity index is 371. The van der Waals surface area contributed by atoms with Gasteiger partial charge < -0.3 is 5.73 Å². The van der Waals surface area contributed by atoms with Crippen molar-refractivity contribution in [3.63, 3.8) is 0 Å². The number of nitrogens with two attached hydrogens (primary N) is 1. The van der Waals surface area contributed by atoms with Gasteiger partial charge in [-0.25, -0.2) is 0 Å². The number of anilines is 1. The molecule has 0 atom stereocenters. The number of rotatable bonds is 2. The van der Waals surface area contributed by atoms with E-state index in [2.05, 4.69) is 15.9 Å². The fraction of sp³-hybridized carbons (Fsp3) is 0.200. The fourth-order valence-electron chi connectivity index (χ4n) is 1.18. The lowest BCUT2D eigenvalue weighted by molar-refractivity contribution is -0.137. The molecule has 0 aliphatic carbocycles. The molecule has 0 heterocycles. The summed E-state index contributed by atoms with van der Waals surface area (Å²) in [4.78, 5) is 0. The van der Waals surface area contributed by atoms with Crippen molar-refractivity contribution in [1.82, 2.24) is 0 Å². The highest BCUT2D eigenvalue weighted by molar-refractivity contribution is 9.09. The summed E-state index contributed by atoms with van der Waals surface area (Å²) in [5.41, 5.74) is 4.93. The van der Waals surface area contributed by atoms with Crippen LogP contribution in [0.3, 0.4) is 0 Å². The molecule has 0 radical (unpaired) electrons. The number of allylic oxidation sites excluding steroid dienone is 1. The first kappa shape index (κ1) is 12.1. The third-order valence-corrected chi connectivity index (χ3v) is 2.19. The van der Waals surface area contributed by atoms with Crippen molar-refractivity contribution in [3.8, 4) is 0 Å². The molecule has 0 spiro atoms. The van der Waals surface area contributed by atoms with Crippen LogP contribution < -0.4 is 5.73 Å². The highest BCUT2D eigenvalue weighted by Crippen LogP contribution is 2.34. The quantitative estimate of drug-likeness (QED) is 0.648. The highest BCUT2D eigenvalue weighted by Gasteiger charge is 2.33. The minimum atomic E-state index is -4.37. The molecule has 0 bridgehead atoms. The van der Waals surface area contributed by atoms with Crippen molar-refractivity contribution in [3.05, 3.63) is 35.4 Å². The standard InChI is InChI=1S/C10H9BrF3N/c11-6-2-3-7-8(10(12,13)14)4-1-5-9(7)15/h1-5H,6,15H2. The van der Waals surface area contributed by atoms with Gasteiger partial charge in [0, 0.05) is 16.6 Å². The molecule has 82 valence electrons. The average Bonchev–Trinajstić information content (AvgIpc) is 2.14. The molecule has 1 nitrogen and oxygen atoms in total. The Morgan fingerprint density at radius 1 is 1.33 bits per heavy atom. The van der Waals surface area contributed by atoms with Gasteiger partial charge in [-0.1, -0.05) is 34.1 Å². The smallest absolute Gasteiger partial charge is 0.398 e. The lowest BCUT2D eigenvalue weighted by Crippen LogP contribution is -2.08. The molecule has 1 rings (SSSR count). The molecule has 0 aromatic heterocycles. The molecule has 0 saturated heterocycles. The second-order valence-electron chi connectivity index (χ2n) is 2.86. The number of benzene rings is 1. The van der Waals surface area contributed by atoms with Gasteiger partial charge in [-0.15, -0.1) is 0 Å². The molecule has 0 saturated carbocycles. The molecule has 0 unspecified atom stereocenters. The van der Waals surface area contributed by atoms with Crippen LogP contribution in [0.1, 0.15) is 11.1 Å². The number of hydrogen-bond acceptors (Lipinski definition) is 1. The number of halogens is 4. The normalized spacial score (nSPS) is 12.3. The minimum Gasteiger partial charge on any atom is -0.398 e. The summed E-state index contributed by atoms with van der Waals surface area (Å²) < 4.78 is 37.7. The van der Waals surface area contributed by atoms with E-state index in [9.17, 15) is 13.2 Å². The van der Waals surface area contributed by atoms with Gasteiger partial charge in [0.1, 0.15) is 0 Å². The number of alkyl halides is 4. The summed E-state index contributed by atoms with van der Waals surface area (Å²) in [5, 5.41) is 0.485. The van der Waals surface area contributed by atoms with Crippen LogP contribution in [-0.2, 0) is 6.18 Å². The fourth-order valence-corrected chi connectivity index (χ4v) is 1.37. The maximum atomic E-state index is 12.6. The first-order valence-corrected chi connectivity index (χ1v) is 5.27. The van der Waals surface area contributed by atoms with E-state index in [1.54, 1.807) is 6.08 Å². The van der Waals surface area contributed by atoms with E-state index in [4.69, 9.17) is 5.73 Å². The van der Waals surface area contributed by atoms with E-state index >= 15 is 0 Å². The van der Waals surface area contributed by atoms with Gasteiger partial charge in [0.25, 0.3) is 0 Å². The summed E-state index contributed by atoms with van der Waals surface area (Å²) in [6, 6.07) is 3.76.